The second-order valence-corrected chi connectivity index (χ2v) is 19.9. The van der Waals surface area contributed by atoms with E-state index >= 15 is 0 Å². The number of hydrogen-bond donors (Lipinski definition) is 0. The zero-order valence-electron chi connectivity index (χ0n) is 46.7. The molecular weight excluding hydrogens is 877 g/mol. The molecule has 0 bridgehead atoms. The molecule has 0 aliphatic rings. The van der Waals surface area contributed by atoms with Crippen LogP contribution in [0.15, 0.2) is 85.1 Å². The maximum atomic E-state index is 12.9. The highest BCUT2D eigenvalue weighted by atomic mass is 16.6. The van der Waals surface area contributed by atoms with Crippen molar-refractivity contribution in [1.82, 2.24) is 0 Å². The minimum atomic E-state index is -0.809. The Hall–Kier alpha value is -3.41. The molecule has 0 saturated heterocycles. The van der Waals surface area contributed by atoms with Crippen molar-refractivity contribution >= 4 is 17.9 Å². The molecule has 0 radical (unpaired) electrons. The van der Waals surface area contributed by atoms with Gasteiger partial charge in [0.15, 0.2) is 6.10 Å². The van der Waals surface area contributed by atoms with Crippen LogP contribution in [-0.2, 0) is 28.6 Å². The Morgan fingerprint density at radius 3 is 0.915 bits per heavy atom. The van der Waals surface area contributed by atoms with Gasteiger partial charge in [-0.25, -0.2) is 0 Å². The first-order valence-corrected chi connectivity index (χ1v) is 30.1. The molecule has 0 aromatic rings. The monoisotopic (exact) mass is 989 g/mol. The average molecular weight is 990 g/mol. The molecule has 1 atom stereocenters. The van der Waals surface area contributed by atoms with Gasteiger partial charge in [0, 0.05) is 19.3 Å². The lowest BCUT2D eigenvalue weighted by atomic mass is 10.0. The fraction of sp³-hybridized carbons (Fsp3) is 0.738. The van der Waals surface area contributed by atoms with Crippen LogP contribution in [-0.4, -0.2) is 37.2 Å². The molecule has 408 valence electrons. The first kappa shape index (κ1) is 67.6. The fourth-order valence-electron chi connectivity index (χ4n) is 8.39. The van der Waals surface area contributed by atoms with E-state index in [1.165, 1.54) is 148 Å². The quantitative estimate of drug-likeness (QED) is 0.0261. The van der Waals surface area contributed by atoms with Crippen LogP contribution in [0.3, 0.4) is 0 Å². The molecule has 0 heterocycles. The lowest BCUT2D eigenvalue weighted by Crippen LogP contribution is -2.30. The number of esters is 3. The molecule has 71 heavy (non-hydrogen) atoms. The van der Waals surface area contributed by atoms with Crippen LogP contribution in [0.4, 0.5) is 0 Å². The molecule has 0 unspecified atom stereocenters. The summed E-state index contributed by atoms with van der Waals surface area (Å²) >= 11 is 0. The van der Waals surface area contributed by atoms with Gasteiger partial charge in [-0.2, -0.15) is 0 Å². The van der Waals surface area contributed by atoms with Crippen LogP contribution >= 0.6 is 0 Å². The highest BCUT2D eigenvalue weighted by Gasteiger charge is 2.19. The zero-order chi connectivity index (χ0) is 51.4. The summed E-state index contributed by atoms with van der Waals surface area (Å²) < 4.78 is 16.8. The van der Waals surface area contributed by atoms with E-state index in [0.717, 1.165) is 96.3 Å². The van der Waals surface area contributed by atoms with Crippen molar-refractivity contribution in [1.29, 1.82) is 0 Å². The highest BCUT2D eigenvalue weighted by molar-refractivity contribution is 5.71. The van der Waals surface area contributed by atoms with Crippen LogP contribution < -0.4 is 0 Å². The minimum Gasteiger partial charge on any atom is -0.462 e. The molecule has 0 N–H and O–H groups in total. The van der Waals surface area contributed by atoms with E-state index in [-0.39, 0.29) is 37.5 Å². The third-order valence-corrected chi connectivity index (χ3v) is 12.9. The van der Waals surface area contributed by atoms with E-state index in [2.05, 4.69) is 106 Å². The fourth-order valence-corrected chi connectivity index (χ4v) is 8.39. The van der Waals surface area contributed by atoms with Crippen LogP contribution in [0.25, 0.3) is 0 Å². The number of unbranched alkanes of at least 4 members (excludes halogenated alkanes) is 29. The highest BCUT2D eigenvalue weighted by Crippen LogP contribution is 2.16. The van der Waals surface area contributed by atoms with Gasteiger partial charge >= 0.3 is 17.9 Å². The van der Waals surface area contributed by atoms with Gasteiger partial charge in [0.05, 0.1) is 0 Å². The second-order valence-electron chi connectivity index (χ2n) is 19.9. The first-order valence-electron chi connectivity index (χ1n) is 30.1. The maximum absolute atomic E-state index is 12.9. The summed E-state index contributed by atoms with van der Waals surface area (Å²) in [6.07, 6.45) is 77.3. The van der Waals surface area contributed by atoms with E-state index < -0.39 is 6.10 Å². The molecule has 0 spiro atoms. The molecule has 0 aromatic heterocycles. The van der Waals surface area contributed by atoms with Crippen LogP contribution in [0, 0.1) is 0 Å². The van der Waals surface area contributed by atoms with Crippen LogP contribution in [0.5, 0.6) is 0 Å². The minimum absolute atomic E-state index is 0.100. The predicted octanol–water partition coefficient (Wildman–Crippen LogP) is 20.3. The van der Waals surface area contributed by atoms with E-state index in [1.807, 2.05) is 0 Å². The van der Waals surface area contributed by atoms with Gasteiger partial charge in [-0.3, -0.25) is 14.4 Å². The largest absolute Gasteiger partial charge is 0.462 e. The molecule has 0 aliphatic carbocycles. The number of carbonyl (C=O) groups excluding carboxylic acids is 3. The lowest BCUT2D eigenvalue weighted by molar-refractivity contribution is -0.167. The van der Waals surface area contributed by atoms with Crippen molar-refractivity contribution in [2.75, 3.05) is 13.2 Å². The van der Waals surface area contributed by atoms with Crippen molar-refractivity contribution in [2.24, 2.45) is 0 Å². The maximum Gasteiger partial charge on any atom is 0.306 e. The van der Waals surface area contributed by atoms with Crippen molar-refractivity contribution < 1.29 is 28.6 Å². The standard InChI is InChI=1S/C65H112O6/c1-4-7-10-13-16-19-22-25-28-31-32-35-37-40-43-46-49-52-55-58-64(67)70-61-62(71-65(68)59-56-53-50-47-44-41-38-34-30-27-24-21-18-15-12-9-6-3)60-69-63(66)57-54-51-48-45-42-39-36-33-29-26-23-20-17-14-11-8-5-2/h9,12,18,21,26-27,29-30,36,38-39,41,45,48,62H,4-8,10-11,13-17,19-20,22-25,28,31-35,37,40,42-44,46-47,49-61H2,1-3H3/b12-9-,21-18-,29-26-,30-27-,39-36-,41-38-,48-45-/t62-/m1/s1. The van der Waals surface area contributed by atoms with Gasteiger partial charge in [0.2, 0.25) is 0 Å². The Morgan fingerprint density at radius 2 is 0.563 bits per heavy atom. The predicted molar refractivity (Wildman–Crippen MR) is 307 cm³/mol. The number of carbonyl (C=O) groups is 3. The van der Waals surface area contributed by atoms with Crippen molar-refractivity contribution in [3.05, 3.63) is 85.1 Å². The number of rotatable bonds is 54. The smallest absolute Gasteiger partial charge is 0.306 e. The van der Waals surface area contributed by atoms with E-state index in [4.69, 9.17) is 14.2 Å². The summed E-state index contributed by atoms with van der Waals surface area (Å²) in [5.41, 5.74) is 0. The molecule has 0 aromatic carbocycles. The summed E-state index contributed by atoms with van der Waals surface area (Å²) in [5, 5.41) is 0. The third-order valence-electron chi connectivity index (χ3n) is 12.9. The molecular formula is C65H112O6. The number of allylic oxidation sites excluding steroid dienone is 14. The molecule has 0 saturated carbocycles. The summed E-state index contributed by atoms with van der Waals surface area (Å²) in [6, 6.07) is 0. The Morgan fingerprint density at radius 1 is 0.296 bits per heavy atom. The van der Waals surface area contributed by atoms with Crippen LogP contribution in [0.2, 0.25) is 0 Å². The Kier molecular flexibility index (Phi) is 56.3. The number of hydrogen-bond acceptors (Lipinski definition) is 6. The van der Waals surface area contributed by atoms with Crippen molar-refractivity contribution in [3.63, 3.8) is 0 Å². The molecule has 6 heteroatoms. The summed E-state index contributed by atoms with van der Waals surface area (Å²) in [7, 11) is 0. The molecule has 0 aliphatic heterocycles. The van der Waals surface area contributed by atoms with E-state index in [0.29, 0.717) is 19.3 Å². The van der Waals surface area contributed by atoms with Gasteiger partial charge < -0.3 is 14.2 Å². The summed E-state index contributed by atoms with van der Waals surface area (Å²) in [6.45, 7) is 6.48. The van der Waals surface area contributed by atoms with E-state index in [9.17, 15) is 14.4 Å². The summed E-state index contributed by atoms with van der Waals surface area (Å²) in [5.74, 6) is -0.969. The van der Waals surface area contributed by atoms with Gasteiger partial charge in [-0.1, -0.05) is 266 Å². The number of ether oxygens (including phenoxy) is 3. The van der Waals surface area contributed by atoms with Gasteiger partial charge in [0.25, 0.3) is 0 Å². The summed E-state index contributed by atoms with van der Waals surface area (Å²) in [4.78, 5) is 38.2. The van der Waals surface area contributed by atoms with Crippen molar-refractivity contribution in [2.45, 2.75) is 297 Å². The third kappa shape index (κ3) is 57.4. The first-order chi connectivity index (χ1) is 35.0. The average Bonchev–Trinajstić information content (AvgIpc) is 3.37. The lowest BCUT2D eigenvalue weighted by Gasteiger charge is -2.18. The Bertz CT molecular complexity index is 1370. The molecule has 0 rings (SSSR count). The second kappa shape index (κ2) is 59.2. The Balaban J connectivity index is 4.46. The van der Waals surface area contributed by atoms with Gasteiger partial charge in [-0.05, 0) is 89.9 Å². The topological polar surface area (TPSA) is 78.9 Å². The molecule has 0 fully saturated rings. The molecule has 6 nitrogen and oxygen atoms in total. The SMILES string of the molecule is CC/C=C\C/C=C\C/C=C\C/C=C\CCCCCCC(=O)O[C@H](COC(=O)CCC/C=C\C/C=C\C/C=C\CCCCCCCC)COC(=O)CCCCCCCCCCCCCCCCCCCCC. The van der Waals surface area contributed by atoms with Crippen LogP contribution in [0.1, 0.15) is 290 Å². The van der Waals surface area contributed by atoms with E-state index in [1.54, 1.807) is 0 Å². The zero-order valence-corrected chi connectivity index (χ0v) is 46.7. The van der Waals surface area contributed by atoms with Crippen molar-refractivity contribution in [3.8, 4) is 0 Å². The van der Waals surface area contributed by atoms with Gasteiger partial charge in [-0.15, -0.1) is 0 Å². The van der Waals surface area contributed by atoms with Gasteiger partial charge in [0.1, 0.15) is 13.2 Å². The normalized spacial score (nSPS) is 12.7. The molecule has 0 amide bonds. The Labute approximate surface area is 439 Å².